The van der Waals surface area contributed by atoms with Gasteiger partial charge in [0.25, 0.3) is 0 Å². The highest BCUT2D eigenvalue weighted by Crippen LogP contribution is 2.29. The van der Waals surface area contributed by atoms with Crippen molar-refractivity contribution in [3.63, 3.8) is 0 Å². The van der Waals surface area contributed by atoms with Crippen LogP contribution >= 0.6 is 0 Å². The van der Waals surface area contributed by atoms with E-state index in [9.17, 15) is 9.59 Å². The van der Waals surface area contributed by atoms with E-state index in [4.69, 9.17) is 19.3 Å². The predicted molar refractivity (Wildman–Crippen MR) is 218 cm³/mol. The van der Waals surface area contributed by atoms with Gasteiger partial charge >= 0.3 is 0 Å². The molecule has 10 heteroatoms. The molecule has 4 rings (SSSR count). The van der Waals surface area contributed by atoms with Crippen LogP contribution in [0.3, 0.4) is 0 Å². The number of carbonyl (C=O) groups is 2. The molecule has 2 aliphatic heterocycles. The molecule has 0 saturated carbocycles. The molecule has 0 aromatic heterocycles. The normalized spacial score (nSPS) is 16.6. The highest BCUT2D eigenvalue weighted by molar-refractivity contribution is 6.08. The molecule has 2 amide bonds. The Kier molecular flexibility index (Phi) is 22.1. The van der Waals surface area contributed by atoms with Crippen molar-refractivity contribution < 1.29 is 23.9 Å². The van der Waals surface area contributed by atoms with Crippen molar-refractivity contribution in [1.29, 1.82) is 0 Å². The summed E-state index contributed by atoms with van der Waals surface area (Å²) < 4.78 is 11.8. The number of hydrogen-bond donors (Lipinski definition) is 1. The van der Waals surface area contributed by atoms with Crippen LogP contribution in [-0.2, 0) is 30.3 Å². The molecule has 0 aliphatic carbocycles. The molecule has 1 saturated heterocycles. The van der Waals surface area contributed by atoms with Gasteiger partial charge in [0.1, 0.15) is 19.0 Å². The average molecular weight is 730 g/mol. The minimum absolute atomic E-state index is 0.111. The van der Waals surface area contributed by atoms with Gasteiger partial charge in [-0.05, 0) is 67.2 Å². The van der Waals surface area contributed by atoms with Crippen molar-refractivity contribution >= 4 is 29.9 Å². The van der Waals surface area contributed by atoms with Crippen LogP contribution < -0.4 is 5.32 Å². The fourth-order valence-corrected chi connectivity index (χ4v) is 6.33. The van der Waals surface area contributed by atoms with E-state index >= 15 is 0 Å². The van der Waals surface area contributed by atoms with E-state index in [2.05, 4.69) is 66.7 Å². The highest BCUT2D eigenvalue weighted by atomic mass is 16.6. The Morgan fingerprint density at radius 1 is 1.06 bits per heavy atom. The maximum absolute atomic E-state index is 13.8. The summed E-state index contributed by atoms with van der Waals surface area (Å²) in [4.78, 5) is 41.5. The summed E-state index contributed by atoms with van der Waals surface area (Å²) in [5, 5.41) is 6.63. The summed E-state index contributed by atoms with van der Waals surface area (Å²) in [6.45, 7) is 16.4. The lowest BCUT2D eigenvalue weighted by Gasteiger charge is -2.23. The molecule has 0 spiro atoms. The Balaban J connectivity index is 0.00000235. The fourth-order valence-electron chi connectivity index (χ4n) is 6.33. The summed E-state index contributed by atoms with van der Waals surface area (Å²) >= 11 is 0. The number of unbranched alkanes of at least 4 members (excludes halogenated alkanes) is 2. The van der Waals surface area contributed by atoms with Gasteiger partial charge in [0.15, 0.2) is 11.7 Å². The Labute approximate surface area is 318 Å². The number of benzene rings is 2. The standard InChI is InChI=1S/C39H53N5O5.C2H6.C2H4/c1-5-7-16-35-31(26-29-18-20-30(21-19-29)33-14-8-9-15-34(33)39(41-28-45)43-47-4)27-38(46)44(36(6-2)42-35)23-11-10-17-37(40-3)49-32-13-12-24-48-25-22-32;2*1-2/h8-9,14-15,18-21,28,32H,5-7,10-13,16-17,22-27H2,1-4H3,(H,41,43,45);1-2H3;1-2H2. The van der Waals surface area contributed by atoms with Crippen molar-refractivity contribution in [2.75, 3.05) is 33.9 Å². The first-order chi connectivity index (χ1) is 26.0. The van der Waals surface area contributed by atoms with Crippen LogP contribution in [0.5, 0.6) is 0 Å². The van der Waals surface area contributed by atoms with Crippen molar-refractivity contribution in [3.8, 4) is 11.1 Å². The van der Waals surface area contributed by atoms with Gasteiger partial charge in [-0.3, -0.25) is 14.6 Å². The van der Waals surface area contributed by atoms with E-state index in [0.29, 0.717) is 38.1 Å². The lowest BCUT2D eigenvalue weighted by atomic mass is 9.94. The van der Waals surface area contributed by atoms with Gasteiger partial charge in [0, 0.05) is 50.7 Å². The Hall–Kier alpha value is -4.57. The molecule has 2 aliphatic rings. The van der Waals surface area contributed by atoms with Gasteiger partial charge in [0.05, 0.1) is 13.0 Å². The number of oxime groups is 1. The van der Waals surface area contributed by atoms with Gasteiger partial charge in [-0.1, -0.05) is 87.8 Å². The fraction of sp³-hybridized carbons (Fsp3) is 0.512. The van der Waals surface area contributed by atoms with Crippen LogP contribution in [-0.4, -0.2) is 74.8 Å². The van der Waals surface area contributed by atoms with Crippen LogP contribution in [0.4, 0.5) is 0 Å². The number of nitrogens with zero attached hydrogens (tertiary/aromatic N) is 4. The van der Waals surface area contributed by atoms with E-state index in [0.717, 1.165) is 116 Å². The predicted octanol–water partition coefficient (Wildman–Crippen LogP) is 9.05. The quantitative estimate of drug-likeness (QED) is 0.0463. The molecule has 2 heterocycles. The van der Waals surface area contributed by atoms with E-state index in [-0.39, 0.29) is 12.0 Å². The van der Waals surface area contributed by atoms with Crippen LogP contribution in [0.15, 0.2) is 88.1 Å². The molecule has 1 unspecified atom stereocenters. The molecule has 1 fully saturated rings. The number of aliphatic imine (C=N–C) groups is 2. The summed E-state index contributed by atoms with van der Waals surface area (Å²) in [5.41, 5.74) is 5.91. The number of amidine groups is 2. The van der Waals surface area contributed by atoms with Crippen LogP contribution in [0, 0.1) is 0 Å². The molecular formula is C43H63N5O5. The molecule has 53 heavy (non-hydrogen) atoms. The number of rotatable bonds is 16. The largest absolute Gasteiger partial charge is 0.478 e. The van der Waals surface area contributed by atoms with Crippen LogP contribution in [0.25, 0.3) is 11.1 Å². The second-order valence-electron chi connectivity index (χ2n) is 12.4. The molecule has 2 aromatic rings. The Morgan fingerprint density at radius 2 is 1.81 bits per heavy atom. The number of amides is 2. The third-order valence-corrected chi connectivity index (χ3v) is 8.95. The lowest BCUT2D eigenvalue weighted by Crippen LogP contribution is -2.36. The number of nitrogens with one attached hydrogen (secondary N) is 1. The van der Waals surface area contributed by atoms with Crippen LogP contribution in [0.2, 0.25) is 0 Å². The first-order valence-corrected chi connectivity index (χ1v) is 19.3. The SMILES string of the molecule is C=C.CC.CCCCC1=C(Cc2ccc(-c3ccccc3/C(=N/OC)NC=O)cc2)CC(=O)N(CCCCC(=NC)OC2CCCOCC2)C(CC)=N1. The third kappa shape index (κ3) is 14.4. The summed E-state index contributed by atoms with van der Waals surface area (Å²) in [6.07, 6.45) is 10.8. The minimum Gasteiger partial charge on any atom is -0.478 e. The molecule has 0 bridgehead atoms. The molecular weight excluding hydrogens is 667 g/mol. The van der Waals surface area contributed by atoms with Crippen molar-refractivity contribution in [2.24, 2.45) is 15.1 Å². The topological polar surface area (TPSA) is 114 Å². The van der Waals surface area contributed by atoms with Gasteiger partial charge < -0.3 is 24.5 Å². The Morgan fingerprint density at radius 3 is 2.49 bits per heavy atom. The third-order valence-electron chi connectivity index (χ3n) is 8.95. The number of carbonyl (C=O) groups excluding carboxylic acids is 2. The van der Waals surface area contributed by atoms with Crippen molar-refractivity contribution in [3.05, 3.63) is 84.1 Å². The van der Waals surface area contributed by atoms with E-state index in [1.807, 2.05) is 43.0 Å². The second-order valence-corrected chi connectivity index (χ2v) is 12.4. The molecule has 1 N–H and O–H groups in total. The maximum atomic E-state index is 13.8. The van der Waals surface area contributed by atoms with Gasteiger partial charge in [-0.15, -0.1) is 13.2 Å². The summed E-state index contributed by atoms with van der Waals surface area (Å²) in [6, 6.07) is 16.1. The monoisotopic (exact) mass is 729 g/mol. The molecule has 0 radical (unpaired) electrons. The van der Waals surface area contributed by atoms with E-state index in [1.54, 1.807) is 7.05 Å². The number of hydrogen-bond acceptors (Lipinski definition) is 8. The van der Waals surface area contributed by atoms with Gasteiger partial charge in [-0.2, -0.15) is 0 Å². The summed E-state index contributed by atoms with van der Waals surface area (Å²) in [5.74, 6) is 2.10. The lowest BCUT2D eigenvalue weighted by molar-refractivity contribution is -0.126. The second kappa shape index (κ2) is 26.2. The van der Waals surface area contributed by atoms with Crippen molar-refractivity contribution in [2.45, 2.75) is 111 Å². The molecule has 10 nitrogen and oxygen atoms in total. The number of ether oxygens (including phenoxy) is 2. The first kappa shape index (κ1) is 44.6. The minimum atomic E-state index is 0.111. The maximum Gasteiger partial charge on any atom is 0.232 e. The number of allylic oxidation sites excluding steroid dienone is 1. The van der Waals surface area contributed by atoms with Crippen molar-refractivity contribution in [1.82, 2.24) is 10.2 Å². The van der Waals surface area contributed by atoms with Gasteiger partial charge in [-0.25, -0.2) is 4.99 Å². The average Bonchev–Trinajstić information content (AvgIpc) is 3.54. The molecule has 2 aromatic carbocycles. The molecule has 290 valence electrons. The zero-order valence-corrected chi connectivity index (χ0v) is 33.1. The Bertz CT molecular complexity index is 1510. The van der Waals surface area contributed by atoms with Gasteiger partial charge in [0.2, 0.25) is 12.3 Å². The van der Waals surface area contributed by atoms with E-state index in [1.165, 1.54) is 7.11 Å². The first-order valence-electron chi connectivity index (χ1n) is 19.3. The zero-order valence-electron chi connectivity index (χ0n) is 33.1. The zero-order chi connectivity index (χ0) is 38.8. The smallest absolute Gasteiger partial charge is 0.232 e. The summed E-state index contributed by atoms with van der Waals surface area (Å²) in [7, 11) is 3.24. The highest BCUT2D eigenvalue weighted by Gasteiger charge is 2.25. The molecule has 1 atom stereocenters. The van der Waals surface area contributed by atoms with E-state index < -0.39 is 0 Å². The van der Waals surface area contributed by atoms with Crippen LogP contribution in [0.1, 0.15) is 109 Å².